The number of benzene rings is 1. The van der Waals surface area contributed by atoms with E-state index in [0.717, 1.165) is 33.4 Å². The van der Waals surface area contributed by atoms with Crippen molar-refractivity contribution in [3.05, 3.63) is 84.9 Å². The van der Waals surface area contributed by atoms with E-state index in [1.807, 2.05) is 36.5 Å². The highest BCUT2D eigenvalue weighted by atomic mass is 14.9. The van der Waals surface area contributed by atoms with Crippen molar-refractivity contribution in [3.8, 4) is 11.3 Å². The van der Waals surface area contributed by atoms with Crippen LogP contribution in [0.3, 0.4) is 0 Å². The number of fused-ring (bicyclic) bond motifs is 1. The van der Waals surface area contributed by atoms with Gasteiger partial charge in [-0.15, -0.1) is 0 Å². The third-order valence-electron chi connectivity index (χ3n) is 3.90. The summed E-state index contributed by atoms with van der Waals surface area (Å²) in [6.45, 7) is 0.716. The second-order valence-corrected chi connectivity index (χ2v) is 5.52. The highest BCUT2D eigenvalue weighted by Gasteiger charge is 2.05. The van der Waals surface area contributed by atoms with Crippen LogP contribution < -0.4 is 5.32 Å². The standard InChI is InChI=1S/C20H16N4/c1-4-17-6-7-18(16-8-11-21-12-9-16)24-20(17)19(5-1)23-14-15-3-2-10-22-13-15/h1-13,23H,14H2. The van der Waals surface area contributed by atoms with E-state index in [1.54, 1.807) is 18.6 Å². The molecule has 4 heteroatoms. The van der Waals surface area contributed by atoms with Crippen LogP contribution in [0.5, 0.6) is 0 Å². The Morgan fingerprint density at radius 3 is 2.54 bits per heavy atom. The summed E-state index contributed by atoms with van der Waals surface area (Å²) in [5, 5.41) is 4.58. The molecule has 4 aromatic rings. The number of anilines is 1. The van der Waals surface area contributed by atoms with E-state index in [2.05, 4.69) is 39.6 Å². The smallest absolute Gasteiger partial charge is 0.0940 e. The molecule has 24 heavy (non-hydrogen) atoms. The first-order valence-corrected chi connectivity index (χ1v) is 7.83. The topological polar surface area (TPSA) is 50.7 Å². The minimum atomic E-state index is 0.716. The molecule has 0 saturated heterocycles. The van der Waals surface area contributed by atoms with Crippen molar-refractivity contribution < 1.29 is 0 Å². The minimum absolute atomic E-state index is 0.716. The van der Waals surface area contributed by atoms with Crippen LogP contribution in [0.25, 0.3) is 22.2 Å². The highest BCUT2D eigenvalue weighted by molar-refractivity contribution is 5.91. The Bertz CT molecular complexity index is 953. The molecule has 0 spiro atoms. The van der Waals surface area contributed by atoms with Crippen LogP contribution in [-0.4, -0.2) is 15.0 Å². The zero-order chi connectivity index (χ0) is 16.2. The molecule has 1 N–H and O–H groups in total. The van der Waals surface area contributed by atoms with Crippen LogP contribution in [0.1, 0.15) is 5.56 Å². The Morgan fingerprint density at radius 1 is 0.792 bits per heavy atom. The summed E-state index contributed by atoms with van der Waals surface area (Å²) in [5.41, 5.74) is 5.14. The number of nitrogens with zero attached hydrogens (tertiary/aromatic N) is 3. The molecule has 0 aliphatic heterocycles. The van der Waals surface area contributed by atoms with Crippen molar-refractivity contribution in [3.63, 3.8) is 0 Å². The number of hydrogen-bond donors (Lipinski definition) is 1. The minimum Gasteiger partial charge on any atom is -0.379 e. The van der Waals surface area contributed by atoms with Gasteiger partial charge in [0.15, 0.2) is 0 Å². The Hall–Kier alpha value is -3.27. The van der Waals surface area contributed by atoms with E-state index in [-0.39, 0.29) is 0 Å². The number of rotatable bonds is 4. The van der Waals surface area contributed by atoms with Gasteiger partial charge in [0.05, 0.1) is 16.9 Å². The summed E-state index contributed by atoms with van der Waals surface area (Å²) < 4.78 is 0. The van der Waals surface area contributed by atoms with E-state index < -0.39 is 0 Å². The zero-order valence-corrected chi connectivity index (χ0v) is 13.1. The Morgan fingerprint density at radius 2 is 1.71 bits per heavy atom. The molecule has 0 radical (unpaired) electrons. The molecular weight excluding hydrogens is 296 g/mol. The van der Waals surface area contributed by atoms with Crippen molar-refractivity contribution in [2.45, 2.75) is 6.54 Å². The molecule has 116 valence electrons. The zero-order valence-electron chi connectivity index (χ0n) is 13.1. The average molecular weight is 312 g/mol. The Kier molecular flexibility index (Phi) is 3.86. The van der Waals surface area contributed by atoms with Gasteiger partial charge in [0, 0.05) is 42.3 Å². The number of para-hydroxylation sites is 1. The van der Waals surface area contributed by atoms with E-state index >= 15 is 0 Å². The largest absolute Gasteiger partial charge is 0.379 e. The first kappa shape index (κ1) is 14.3. The third kappa shape index (κ3) is 2.94. The lowest BCUT2D eigenvalue weighted by Gasteiger charge is -2.10. The molecule has 0 saturated carbocycles. The molecule has 0 bridgehead atoms. The molecule has 0 atom stereocenters. The average Bonchev–Trinajstić information content (AvgIpc) is 2.67. The van der Waals surface area contributed by atoms with Gasteiger partial charge in [-0.25, -0.2) is 4.98 Å². The molecule has 3 heterocycles. The third-order valence-corrected chi connectivity index (χ3v) is 3.90. The van der Waals surface area contributed by atoms with Gasteiger partial charge >= 0.3 is 0 Å². The van der Waals surface area contributed by atoms with Crippen LogP contribution in [-0.2, 0) is 6.54 Å². The molecule has 0 fully saturated rings. The van der Waals surface area contributed by atoms with Gasteiger partial charge in [0.1, 0.15) is 0 Å². The first-order valence-electron chi connectivity index (χ1n) is 7.83. The van der Waals surface area contributed by atoms with E-state index in [4.69, 9.17) is 4.98 Å². The number of aromatic nitrogens is 3. The second-order valence-electron chi connectivity index (χ2n) is 5.52. The fraction of sp³-hybridized carbons (Fsp3) is 0.0500. The van der Waals surface area contributed by atoms with E-state index in [1.165, 1.54) is 0 Å². The van der Waals surface area contributed by atoms with Crippen LogP contribution >= 0.6 is 0 Å². The molecule has 0 amide bonds. The molecule has 0 unspecified atom stereocenters. The van der Waals surface area contributed by atoms with Crippen molar-refractivity contribution in [2.24, 2.45) is 0 Å². The fourth-order valence-corrected chi connectivity index (χ4v) is 2.67. The van der Waals surface area contributed by atoms with Crippen LogP contribution in [0.4, 0.5) is 5.69 Å². The van der Waals surface area contributed by atoms with Gasteiger partial charge in [-0.2, -0.15) is 0 Å². The maximum absolute atomic E-state index is 4.85. The summed E-state index contributed by atoms with van der Waals surface area (Å²) in [4.78, 5) is 13.1. The fourth-order valence-electron chi connectivity index (χ4n) is 2.67. The van der Waals surface area contributed by atoms with E-state index in [9.17, 15) is 0 Å². The number of pyridine rings is 3. The molecule has 1 aromatic carbocycles. The van der Waals surface area contributed by atoms with Crippen molar-refractivity contribution >= 4 is 16.6 Å². The van der Waals surface area contributed by atoms with E-state index in [0.29, 0.717) is 6.54 Å². The van der Waals surface area contributed by atoms with Crippen molar-refractivity contribution in [1.29, 1.82) is 0 Å². The normalized spacial score (nSPS) is 10.7. The van der Waals surface area contributed by atoms with Gasteiger partial charge in [0.25, 0.3) is 0 Å². The summed E-state index contributed by atoms with van der Waals surface area (Å²) in [6, 6.07) is 18.3. The van der Waals surface area contributed by atoms with Gasteiger partial charge in [-0.1, -0.05) is 24.3 Å². The summed E-state index contributed by atoms with van der Waals surface area (Å²) in [5.74, 6) is 0. The lowest BCUT2D eigenvalue weighted by atomic mass is 10.1. The highest BCUT2D eigenvalue weighted by Crippen LogP contribution is 2.26. The molecule has 0 aliphatic carbocycles. The lowest BCUT2D eigenvalue weighted by molar-refractivity contribution is 1.11. The summed E-state index contributed by atoms with van der Waals surface area (Å²) in [7, 11) is 0. The van der Waals surface area contributed by atoms with Crippen molar-refractivity contribution in [2.75, 3.05) is 5.32 Å². The SMILES string of the molecule is c1cncc(CNc2cccc3ccc(-c4ccncc4)nc23)c1. The van der Waals surface area contributed by atoms with Gasteiger partial charge in [0.2, 0.25) is 0 Å². The number of nitrogens with one attached hydrogen (secondary N) is 1. The quantitative estimate of drug-likeness (QED) is 0.610. The molecule has 3 aromatic heterocycles. The van der Waals surface area contributed by atoms with Gasteiger partial charge < -0.3 is 5.32 Å². The van der Waals surface area contributed by atoms with Crippen LogP contribution in [0.2, 0.25) is 0 Å². The maximum Gasteiger partial charge on any atom is 0.0940 e. The van der Waals surface area contributed by atoms with Crippen LogP contribution in [0.15, 0.2) is 79.4 Å². The number of hydrogen-bond acceptors (Lipinski definition) is 4. The van der Waals surface area contributed by atoms with Gasteiger partial charge in [-0.05, 0) is 35.9 Å². The maximum atomic E-state index is 4.85. The summed E-state index contributed by atoms with van der Waals surface area (Å²) >= 11 is 0. The lowest BCUT2D eigenvalue weighted by Crippen LogP contribution is -2.01. The molecular formula is C20H16N4. The summed E-state index contributed by atoms with van der Waals surface area (Å²) in [6.07, 6.45) is 7.22. The molecule has 4 rings (SSSR count). The van der Waals surface area contributed by atoms with Crippen LogP contribution in [0, 0.1) is 0 Å². The Labute approximate surface area is 140 Å². The monoisotopic (exact) mass is 312 g/mol. The van der Waals surface area contributed by atoms with Gasteiger partial charge in [-0.3, -0.25) is 9.97 Å². The van der Waals surface area contributed by atoms with Crippen molar-refractivity contribution in [1.82, 2.24) is 15.0 Å². The predicted molar refractivity (Wildman–Crippen MR) is 96.5 cm³/mol. The molecule has 4 nitrogen and oxygen atoms in total. The first-order chi connectivity index (χ1) is 11.9. The molecule has 0 aliphatic rings. The Balaban J connectivity index is 1.70. The predicted octanol–water partition coefficient (Wildman–Crippen LogP) is 4.30. The second kappa shape index (κ2) is 6.46.